The Morgan fingerprint density at radius 3 is 2.31 bits per heavy atom. The van der Waals surface area contributed by atoms with Gasteiger partial charge in [-0.25, -0.2) is 17.9 Å². The second kappa shape index (κ2) is 9.16. The third-order valence-electron chi connectivity index (χ3n) is 5.11. The summed E-state index contributed by atoms with van der Waals surface area (Å²) in [5.74, 6) is -0.740. The second-order valence-electron chi connectivity index (χ2n) is 7.11. The average molecular weight is 464 g/mol. The smallest absolute Gasteiger partial charge is 0.860 e. The molecule has 2 heterocycles. The van der Waals surface area contributed by atoms with Crippen LogP contribution in [0, 0.1) is 12.7 Å². The zero-order chi connectivity index (χ0) is 22.3. The van der Waals surface area contributed by atoms with Crippen molar-refractivity contribution in [3.05, 3.63) is 82.0 Å². The molecule has 32 heavy (non-hydrogen) atoms. The van der Waals surface area contributed by atoms with Crippen molar-refractivity contribution in [2.75, 3.05) is 0 Å². The van der Waals surface area contributed by atoms with Crippen molar-refractivity contribution in [3.8, 4) is 22.8 Å². The number of fused-ring (bicyclic) bond motifs is 1. The van der Waals surface area contributed by atoms with E-state index in [-0.39, 0.29) is 52.6 Å². The van der Waals surface area contributed by atoms with Gasteiger partial charge in [-0.15, -0.1) is 0 Å². The Morgan fingerprint density at radius 2 is 1.72 bits per heavy atom. The molecule has 0 aliphatic carbocycles. The number of nitrogens with zero attached hydrogens (tertiary/aromatic N) is 3. The van der Waals surface area contributed by atoms with Crippen LogP contribution in [0.1, 0.15) is 11.3 Å². The van der Waals surface area contributed by atoms with Crippen LogP contribution in [0.2, 0.25) is 0 Å². The van der Waals surface area contributed by atoms with Crippen LogP contribution in [-0.2, 0) is 23.0 Å². The first-order valence-electron chi connectivity index (χ1n) is 9.33. The van der Waals surface area contributed by atoms with Gasteiger partial charge in [-0.05, 0) is 67.3 Å². The summed E-state index contributed by atoms with van der Waals surface area (Å²) in [6.45, 7) is 1.96. The molecule has 0 amide bonds. The van der Waals surface area contributed by atoms with E-state index in [0.29, 0.717) is 23.4 Å². The van der Waals surface area contributed by atoms with Gasteiger partial charge in [-0.2, -0.15) is 9.78 Å². The first kappa shape index (κ1) is 24.1. The number of nitrogens with two attached hydrogens (primary N) is 1. The van der Waals surface area contributed by atoms with Crippen LogP contribution in [0.3, 0.4) is 0 Å². The number of hydrogen-bond acceptors (Lipinski definition) is 5. The summed E-state index contributed by atoms with van der Waals surface area (Å²) in [6.07, 6.45) is 0.442. The first-order chi connectivity index (χ1) is 14.6. The molecule has 0 aromatic heterocycles. The first-order valence-corrected chi connectivity index (χ1v) is 10.9. The topological polar surface area (TPSA) is 123 Å². The molecule has 2 aliphatic heterocycles. The maximum absolute atomic E-state index is 13.2. The number of aryl methyl sites for hydroxylation is 1. The maximum Gasteiger partial charge on any atom is 1.00 e. The van der Waals surface area contributed by atoms with Gasteiger partial charge < -0.3 is 9.67 Å². The molecule has 2 aromatic carbocycles. The fourth-order valence-corrected chi connectivity index (χ4v) is 3.99. The van der Waals surface area contributed by atoms with Crippen LogP contribution >= 0.6 is 0 Å². The van der Waals surface area contributed by atoms with E-state index in [2.05, 4.69) is 5.10 Å². The van der Waals surface area contributed by atoms with E-state index in [1.54, 1.807) is 19.1 Å². The third-order valence-corrected chi connectivity index (χ3v) is 6.04. The number of benzene rings is 2. The van der Waals surface area contributed by atoms with Crippen LogP contribution in [-0.4, -0.2) is 22.8 Å². The number of rotatable bonds is 5. The molecule has 0 saturated carbocycles. The molecule has 0 atom stereocenters. The van der Waals surface area contributed by atoms with E-state index in [4.69, 9.17) is 5.14 Å². The summed E-state index contributed by atoms with van der Waals surface area (Å²) >= 11 is 0. The van der Waals surface area contributed by atoms with Crippen LogP contribution in [0.25, 0.3) is 16.9 Å². The number of hydrogen-bond donors (Lipinski definition) is 1. The Labute approximate surface area is 205 Å². The number of halogens is 1. The van der Waals surface area contributed by atoms with E-state index in [0.717, 1.165) is 10.2 Å². The summed E-state index contributed by atoms with van der Waals surface area (Å²) < 4.78 is 38.6. The van der Waals surface area contributed by atoms with Crippen molar-refractivity contribution in [3.63, 3.8) is 0 Å². The fourth-order valence-electron chi connectivity index (χ4n) is 3.48. The minimum Gasteiger partial charge on any atom is -0.860 e. The van der Waals surface area contributed by atoms with Gasteiger partial charge in [0.1, 0.15) is 5.82 Å². The molecule has 0 bridgehead atoms. The second-order valence-corrected chi connectivity index (χ2v) is 8.67. The zero-order valence-corrected chi connectivity index (χ0v) is 20.3. The van der Waals surface area contributed by atoms with E-state index in [9.17, 15) is 22.7 Å². The van der Waals surface area contributed by atoms with Crippen LogP contribution in [0.4, 0.5) is 4.39 Å². The minimum atomic E-state index is -3.77. The molecule has 11 heteroatoms. The quantitative estimate of drug-likeness (QED) is 0.362. The van der Waals surface area contributed by atoms with Crippen LogP contribution in [0.15, 0.2) is 64.3 Å². The molecule has 0 saturated heterocycles. The van der Waals surface area contributed by atoms with Crippen LogP contribution in [0.5, 0.6) is 5.88 Å². The van der Waals surface area contributed by atoms with Gasteiger partial charge in [0.15, 0.2) is 0 Å². The molecule has 0 unspecified atom stereocenters. The molecule has 0 radical (unpaired) electrons. The van der Waals surface area contributed by atoms with Gasteiger partial charge in [0, 0.05) is 12.2 Å². The molecule has 2 aromatic rings. The van der Waals surface area contributed by atoms with Gasteiger partial charge in [0.25, 0.3) is 5.56 Å². The third kappa shape index (κ3) is 4.64. The summed E-state index contributed by atoms with van der Waals surface area (Å²) in [6, 6.07) is 12.7. The van der Waals surface area contributed by atoms with Crippen molar-refractivity contribution >= 4 is 10.0 Å². The Morgan fingerprint density at radius 1 is 1.09 bits per heavy atom. The average Bonchev–Trinajstić information content (AvgIpc) is 3.04. The van der Waals surface area contributed by atoms with E-state index in [1.807, 2.05) is 0 Å². The number of sulfonamides is 1. The summed E-state index contributed by atoms with van der Waals surface area (Å²) in [5, 5.41) is 22.0. The molecule has 0 fully saturated rings. The molecule has 2 N–H and O–H groups in total. The monoisotopic (exact) mass is 464 g/mol. The van der Waals surface area contributed by atoms with E-state index in [1.165, 1.54) is 47.0 Å². The van der Waals surface area contributed by atoms with E-state index >= 15 is 0 Å². The normalized spacial score (nSPS) is 11.5. The SMILES string of the molecule is Cc1c2c(=O)n(-c3ccc(F)cc3)nc-2cc([O-])n1CCc1ccc(S(N)(=O)=O)cc1.[Na+]. The summed E-state index contributed by atoms with van der Waals surface area (Å²) in [5.41, 5.74) is 1.87. The number of pyridine rings is 1. The Kier molecular flexibility index (Phi) is 6.91. The fraction of sp³-hybridized carbons (Fsp3) is 0.143. The predicted octanol–water partition coefficient (Wildman–Crippen LogP) is -1.45. The largest absolute Gasteiger partial charge is 1.00 e. The van der Waals surface area contributed by atoms with E-state index < -0.39 is 21.4 Å². The van der Waals surface area contributed by atoms with Crippen molar-refractivity contribution < 1.29 is 47.5 Å². The standard InChI is InChI=1S/C21H19FN4O4S.Na/c1-13-20-18(24-26(21(20)28)16-6-4-15(22)5-7-16)12-19(27)25(13)11-10-14-2-8-17(9-3-14)31(23,29)30;/h2-9,12,27H,10-11H2,1H3,(H2,23,29,30);/q;+1/p-1. The van der Waals surface area contributed by atoms with Crippen molar-refractivity contribution in [2.24, 2.45) is 5.14 Å². The van der Waals surface area contributed by atoms with Crippen LogP contribution < -0.4 is 45.4 Å². The molecular formula is C21H18FN4NaO4S. The van der Waals surface area contributed by atoms with Crippen molar-refractivity contribution in [1.29, 1.82) is 0 Å². The van der Waals surface area contributed by atoms with Crippen molar-refractivity contribution in [2.45, 2.75) is 24.8 Å². The van der Waals surface area contributed by atoms with Gasteiger partial charge in [-0.3, -0.25) is 4.79 Å². The summed E-state index contributed by atoms with van der Waals surface area (Å²) in [7, 11) is -3.77. The molecule has 8 nitrogen and oxygen atoms in total. The number of aromatic nitrogens is 3. The molecule has 2 aliphatic rings. The minimum absolute atomic E-state index is 0. The van der Waals surface area contributed by atoms with Gasteiger partial charge in [0.2, 0.25) is 10.0 Å². The van der Waals surface area contributed by atoms with Gasteiger partial charge in [0.05, 0.1) is 21.8 Å². The van der Waals surface area contributed by atoms with Gasteiger partial charge in [-0.1, -0.05) is 12.1 Å². The Balaban J connectivity index is 0.00000289. The number of primary sulfonamides is 1. The molecular weight excluding hydrogens is 446 g/mol. The summed E-state index contributed by atoms with van der Waals surface area (Å²) in [4.78, 5) is 12.9. The van der Waals surface area contributed by atoms with Gasteiger partial charge >= 0.3 is 29.6 Å². The Hall–Kier alpha value is -2.50. The maximum atomic E-state index is 13.2. The molecule has 160 valence electrons. The Bertz CT molecular complexity index is 1400. The zero-order valence-electron chi connectivity index (χ0n) is 17.4. The molecule has 0 spiro atoms. The van der Waals surface area contributed by atoms with Crippen molar-refractivity contribution in [1.82, 2.24) is 14.3 Å². The molecule has 4 rings (SSSR count). The predicted molar refractivity (Wildman–Crippen MR) is 110 cm³/mol.